The van der Waals surface area contributed by atoms with Gasteiger partial charge < -0.3 is 20.1 Å². The number of aliphatic hydroxyl groups is 2. The minimum absolute atomic E-state index is 0.693. The first kappa shape index (κ1) is 8.86. The summed E-state index contributed by atoms with van der Waals surface area (Å²) >= 11 is 0. The molecule has 0 fully saturated rings. The van der Waals surface area contributed by atoms with Crippen LogP contribution in [0.4, 0.5) is 4.79 Å². The molecule has 0 saturated carbocycles. The van der Waals surface area contributed by atoms with Gasteiger partial charge in [-0.2, -0.15) is 0 Å². The molecule has 6 heteroatoms. The van der Waals surface area contributed by atoms with Crippen molar-refractivity contribution in [2.75, 3.05) is 0 Å². The molecule has 0 aliphatic rings. The third kappa shape index (κ3) is 3.00. The second kappa shape index (κ2) is 2.63. The molecule has 58 valence electrons. The van der Waals surface area contributed by atoms with Gasteiger partial charge in [-0.1, -0.05) is 0 Å². The van der Waals surface area contributed by atoms with Gasteiger partial charge in [-0.15, -0.1) is 0 Å². The van der Waals surface area contributed by atoms with Crippen molar-refractivity contribution < 1.29 is 29.6 Å². The number of esters is 1. The fourth-order valence-electron chi connectivity index (χ4n) is 0.176. The standard InChI is InChI=1S/C4H6O6/c1-4(8,9)2(5)10-3(6)7/h8-9H,1H3,(H,6,7). The van der Waals surface area contributed by atoms with Gasteiger partial charge in [-0.3, -0.25) is 0 Å². The Bertz CT molecular complexity index is 154. The molecule has 0 saturated heterocycles. The first-order valence-corrected chi connectivity index (χ1v) is 2.24. The van der Waals surface area contributed by atoms with E-state index in [1.54, 1.807) is 0 Å². The molecule has 0 aromatic heterocycles. The maximum absolute atomic E-state index is 10.2. The maximum Gasteiger partial charge on any atom is 0.513 e. The normalized spacial score (nSPS) is 10.7. The Hall–Kier alpha value is -1.14. The Labute approximate surface area is 55.7 Å². The van der Waals surface area contributed by atoms with Crippen LogP contribution in [0.3, 0.4) is 0 Å². The van der Waals surface area contributed by atoms with Gasteiger partial charge in [0.05, 0.1) is 0 Å². The summed E-state index contributed by atoms with van der Waals surface area (Å²) in [6.07, 6.45) is -1.88. The molecule has 0 unspecified atom stereocenters. The number of carbonyl (C=O) groups excluding carboxylic acids is 1. The van der Waals surface area contributed by atoms with Crippen molar-refractivity contribution in [1.82, 2.24) is 0 Å². The van der Waals surface area contributed by atoms with Crippen LogP contribution in [0.2, 0.25) is 0 Å². The molecule has 0 bridgehead atoms. The molecule has 0 amide bonds. The van der Waals surface area contributed by atoms with E-state index in [4.69, 9.17) is 15.3 Å². The summed E-state index contributed by atoms with van der Waals surface area (Å²) in [7, 11) is 0. The van der Waals surface area contributed by atoms with Crippen LogP contribution in [0.5, 0.6) is 0 Å². The van der Waals surface area contributed by atoms with Crippen LogP contribution in [0.25, 0.3) is 0 Å². The Morgan fingerprint density at radius 1 is 1.40 bits per heavy atom. The topological polar surface area (TPSA) is 104 Å². The number of hydrogen-bond acceptors (Lipinski definition) is 5. The van der Waals surface area contributed by atoms with E-state index in [0.717, 1.165) is 0 Å². The lowest BCUT2D eigenvalue weighted by molar-refractivity contribution is -0.198. The van der Waals surface area contributed by atoms with Crippen molar-refractivity contribution >= 4 is 12.1 Å². The zero-order valence-corrected chi connectivity index (χ0v) is 5.07. The Morgan fingerprint density at radius 2 is 1.80 bits per heavy atom. The number of carbonyl (C=O) groups is 2. The minimum atomic E-state index is -2.75. The van der Waals surface area contributed by atoms with Gasteiger partial charge in [0.25, 0.3) is 5.79 Å². The van der Waals surface area contributed by atoms with Crippen LogP contribution in [-0.2, 0) is 9.53 Å². The van der Waals surface area contributed by atoms with Crippen LogP contribution >= 0.6 is 0 Å². The van der Waals surface area contributed by atoms with E-state index in [-0.39, 0.29) is 0 Å². The zero-order valence-electron chi connectivity index (χ0n) is 5.07. The lowest BCUT2D eigenvalue weighted by Gasteiger charge is -2.10. The molecule has 6 nitrogen and oxygen atoms in total. The SMILES string of the molecule is CC(O)(O)C(=O)OC(=O)O. The van der Waals surface area contributed by atoms with Crippen LogP contribution in [0.1, 0.15) is 6.92 Å². The number of hydrogen-bond donors (Lipinski definition) is 3. The molecule has 0 radical (unpaired) electrons. The monoisotopic (exact) mass is 150 g/mol. The van der Waals surface area contributed by atoms with Crippen molar-refractivity contribution in [3.8, 4) is 0 Å². The molecule has 0 rings (SSSR count). The smallest absolute Gasteiger partial charge is 0.449 e. The summed E-state index contributed by atoms with van der Waals surface area (Å²) < 4.78 is 3.39. The van der Waals surface area contributed by atoms with E-state index < -0.39 is 17.9 Å². The first-order chi connectivity index (χ1) is 4.34. The largest absolute Gasteiger partial charge is 0.513 e. The minimum Gasteiger partial charge on any atom is -0.449 e. The highest BCUT2D eigenvalue weighted by Gasteiger charge is 2.30. The highest BCUT2D eigenvalue weighted by molar-refractivity contribution is 5.85. The highest BCUT2D eigenvalue weighted by atomic mass is 16.7. The molecule has 0 aliphatic carbocycles. The van der Waals surface area contributed by atoms with Gasteiger partial charge in [0, 0.05) is 6.92 Å². The van der Waals surface area contributed by atoms with Crippen LogP contribution < -0.4 is 0 Å². The summed E-state index contributed by atoms with van der Waals surface area (Å²) in [6, 6.07) is 0. The molecule has 0 heterocycles. The van der Waals surface area contributed by atoms with Gasteiger partial charge in [0.15, 0.2) is 0 Å². The van der Waals surface area contributed by atoms with Crippen LogP contribution in [-0.4, -0.2) is 33.2 Å². The average molecular weight is 150 g/mol. The highest BCUT2D eigenvalue weighted by Crippen LogP contribution is 1.99. The van der Waals surface area contributed by atoms with E-state index in [0.29, 0.717) is 6.92 Å². The van der Waals surface area contributed by atoms with Gasteiger partial charge in [-0.25, -0.2) is 9.59 Å². The predicted molar refractivity (Wildman–Crippen MR) is 27.0 cm³/mol. The molecule has 0 atom stereocenters. The third-order valence-corrected chi connectivity index (χ3v) is 0.567. The van der Waals surface area contributed by atoms with Crippen molar-refractivity contribution in [2.45, 2.75) is 12.7 Å². The number of ether oxygens (including phenoxy) is 1. The molecule has 0 aromatic rings. The van der Waals surface area contributed by atoms with E-state index in [9.17, 15) is 9.59 Å². The quantitative estimate of drug-likeness (QED) is 0.249. The summed E-state index contributed by atoms with van der Waals surface area (Å²) in [5.74, 6) is -4.38. The zero-order chi connectivity index (χ0) is 8.36. The summed E-state index contributed by atoms with van der Waals surface area (Å²) in [6.45, 7) is 0.693. The Kier molecular flexibility index (Phi) is 2.33. The molecule has 0 aliphatic heterocycles. The average Bonchev–Trinajstić information content (AvgIpc) is 1.60. The number of rotatable bonds is 1. The van der Waals surface area contributed by atoms with E-state index in [2.05, 4.69) is 4.74 Å². The van der Waals surface area contributed by atoms with Gasteiger partial charge >= 0.3 is 12.1 Å². The van der Waals surface area contributed by atoms with Gasteiger partial charge in [-0.05, 0) is 0 Å². The van der Waals surface area contributed by atoms with E-state index in [1.807, 2.05) is 0 Å². The fourth-order valence-corrected chi connectivity index (χ4v) is 0.176. The number of carboxylic acid groups (broad SMARTS) is 1. The summed E-state index contributed by atoms with van der Waals surface area (Å²) in [5, 5.41) is 24.5. The lowest BCUT2D eigenvalue weighted by atomic mass is 10.3. The molecule has 3 N–H and O–H groups in total. The Balaban J connectivity index is 3.99. The fraction of sp³-hybridized carbons (Fsp3) is 0.500. The van der Waals surface area contributed by atoms with Gasteiger partial charge in [0.1, 0.15) is 0 Å². The van der Waals surface area contributed by atoms with Gasteiger partial charge in [0.2, 0.25) is 0 Å². The molecule has 0 aromatic carbocycles. The van der Waals surface area contributed by atoms with Crippen LogP contribution in [0.15, 0.2) is 0 Å². The molecular formula is C4H6O6. The molecule has 0 spiro atoms. The second-order valence-corrected chi connectivity index (χ2v) is 1.68. The van der Waals surface area contributed by atoms with E-state index in [1.165, 1.54) is 0 Å². The summed E-state index contributed by atoms with van der Waals surface area (Å²) in [4.78, 5) is 19.8. The Morgan fingerprint density at radius 3 is 1.90 bits per heavy atom. The first-order valence-electron chi connectivity index (χ1n) is 2.24. The van der Waals surface area contributed by atoms with Crippen molar-refractivity contribution in [3.63, 3.8) is 0 Å². The summed E-state index contributed by atoms with van der Waals surface area (Å²) in [5.41, 5.74) is 0. The lowest BCUT2D eigenvalue weighted by Crippen LogP contribution is -2.37. The predicted octanol–water partition coefficient (Wildman–Crippen LogP) is -1.09. The third-order valence-electron chi connectivity index (χ3n) is 0.567. The van der Waals surface area contributed by atoms with Crippen molar-refractivity contribution in [1.29, 1.82) is 0 Å². The molecular weight excluding hydrogens is 144 g/mol. The van der Waals surface area contributed by atoms with Crippen molar-refractivity contribution in [2.24, 2.45) is 0 Å². The molecule has 10 heavy (non-hydrogen) atoms. The maximum atomic E-state index is 10.2. The van der Waals surface area contributed by atoms with Crippen LogP contribution in [0, 0.1) is 0 Å². The second-order valence-electron chi connectivity index (χ2n) is 1.68. The van der Waals surface area contributed by atoms with Crippen molar-refractivity contribution in [3.05, 3.63) is 0 Å². The van der Waals surface area contributed by atoms with E-state index >= 15 is 0 Å².